The summed E-state index contributed by atoms with van der Waals surface area (Å²) in [5.41, 5.74) is -0.298. The molecule has 1 heterocycles. The molecular formula is C22H22ClF2NO5S. The Hall–Kier alpha value is -2.39. The molecule has 1 saturated carbocycles. The van der Waals surface area contributed by atoms with Crippen LogP contribution in [0.15, 0.2) is 41.3 Å². The predicted octanol–water partition coefficient (Wildman–Crippen LogP) is 4.45. The van der Waals surface area contributed by atoms with Crippen molar-refractivity contribution < 1.29 is 31.5 Å². The van der Waals surface area contributed by atoms with Crippen molar-refractivity contribution in [2.24, 2.45) is 11.8 Å². The number of sulfone groups is 1. The topological polar surface area (TPSA) is 81.7 Å². The maximum absolute atomic E-state index is 15.2. The van der Waals surface area contributed by atoms with E-state index < -0.39 is 44.1 Å². The van der Waals surface area contributed by atoms with Gasteiger partial charge in [0.1, 0.15) is 10.6 Å². The van der Waals surface area contributed by atoms with Gasteiger partial charge in [-0.2, -0.15) is 0 Å². The SMILES string of the molecule is CNC(=O)OC[C@@H]1CCC[C@@]2(S(=O)(=O)c3ccc(Cl)cc3)c3c(F)ccc(F)c3OCC12. The average molecular weight is 486 g/mol. The molecule has 172 valence electrons. The highest BCUT2D eigenvalue weighted by Gasteiger charge is 2.61. The zero-order valence-electron chi connectivity index (χ0n) is 17.2. The quantitative estimate of drug-likeness (QED) is 0.691. The monoisotopic (exact) mass is 485 g/mol. The van der Waals surface area contributed by atoms with Gasteiger partial charge < -0.3 is 14.8 Å². The van der Waals surface area contributed by atoms with Crippen LogP contribution in [0.5, 0.6) is 5.75 Å². The fourth-order valence-corrected chi connectivity index (χ4v) is 7.54. The molecule has 2 aromatic rings. The van der Waals surface area contributed by atoms with Crippen LogP contribution in [0.25, 0.3) is 0 Å². The van der Waals surface area contributed by atoms with Crippen molar-refractivity contribution >= 4 is 27.5 Å². The van der Waals surface area contributed by atoms with Crippen LogP contribution in [0, 0.1) is 23.5 Å². The molecule has 10 heteroatoms. The second kappa shape index (κ2) is 8.51. The van der Waals surface area contributed by atoms with E-state index in [0.717, 1.165) is 12.1 Å². The summed E-state index contributed by atoms with van der Waals surface area (Å²) in [6, 6.07) is 7.45. The van der Waals surface area contributed by atoms with Gasteiger partial charge in [0, 0.05) is 23.9 Å². The average Bonchev–Trinajstić information content (AvgIpc) is 2.79. The fraction of sp³-hybridized carbons (Fsp3) is 0.409. The van der Waals surface area contributed by atoms with E-state index in [1.807, 2.05) is 0 Å². The van der Waals surface area contributed by atoms with Crippen LogP contribution in [-0.4, -0.2) is 34.8 Å². The second-order valence-electron chi connectivity index (χ2n) is 8.00. The number of carbonyl (C=O) groups is 1. The molecule has 2 aromatic carbocycles. The molecule has 0 aromatic heterocycles. The lowest BCUT2D eigenvalue weighted by Gasteiger charge is -2.50. The summed E-state index contributed by atoms with van der Waals surface area (Å²) < 4.78 is 67.1. The van der Waals surface area contributed by atoms with Crippen LogP contribution in [0.4, 0.5) is 13.6 Å². The van der Waals surface area contributed by atoms with E-state index in [4.69, 9.17) is 21.1 Å². The molecule has 1 amide bonds. The first-order valence-electron chi connectivity index (χ1n) is 10.2. The summed E-state index contributed by atoms with van der Waals surface area (Å²) in [4.78, 5) is 11.6. The molecule has 2 aliphatic rings. The van der Waals surface area contributed by atoms with Crippen molar-refractivity contribution in [3.05, 3.63) is 58.6 Å². The minimum absolute atomic E-state index is 0.0451. The maximum atomic E-state index is 15.2. The zero-order valence-corrected chi connectivity index (χ0v) is 18.8. The van der Waals surface area contributed by atoms with E-state index in [-0.39, 0.29) is 35.8 Å². The Bertz CT molecular complexity index is 1140. The number of fused-ring (bicyclic) bond motifs is 3. The molecule has 1 aliphatic carbocycles. The fourth-order valence-electron chi connectivity index (χ4n) is 4.96. The van der Waals surface area contributed by atoms with E-state index in [9.17, 15) is 17.6 Å². The smallest absolute Gasteiger partial charge is 0.406 e. The Balaban J connectivity index is 1.92. The molecule has 0 bridgehead atoms. The Morgan fingerprint density at radius 2 is 1.91 bits per heavy atom. The zero-order chi connectivity index (χ0) is 23.1. The van der Waals surface area contributed by atoms with Gasteiger partial charge in [-0.05, 0) is 49.2 Å². The van der Waals surface area contributed by atoms with Gasteiger partial charge in [-0.25, -0.2) is 22.0 Å². The van der Waals surface area contributed by atoms with Gasteiger partial charge in [0.05, 0.1) is 23.7 Å². The lowest BCUT2D eigenvalue weighted by atomic mass is 9.67. The molecule has 3 atom stereocenters. The van der Waals surface area contributed by atoms with Gasteiger partial charge >= 0.3 is 6.09 Å². The highest BCUT2D eigenvalue weighted by Crippen LogP contribution is 2.58. The molecule has 4 rings (SSSR count). The van der Waals surface area contributed by atoms with Crippen LogP contribution in [0.2, 0.25) is 5.02 Å². The minimum atomic E-state index is -4.23. The van der Waals surface area contributed by atoms with Gasteiger partial charge in [0.2, 0.25) is 0 Å². The first-order valence-corrected chi connectivity index (χ1v) is 12.0. The van der Waals surface area contributed by atoms with Gasteiger partial charge in [-0.15, -0.1) is 0 Å². The standard InChI is InChI=1S/C22H22ClF2NO5S/c1-26-21(27)31-11-13-3-2-10-22(32(28,29)15-6-4-14(23)5-7-15)16(13)12-30-20-18(25)9-8-17(24)19(20)22/h4-9,13,16H,2-3,10-12H2,1H3,(H,26,27)/t13-,16?,22-/m0/s1. The van der Waals surface area contributed by atoms with Crippen molar-refractivity contribution in [1.29, 1.82) is 0 Å². The predicted molar refractivity (Wildman–Crippen MR) is 113 cm³/mol. The lowest BCUT2D eigenvalue weighted by molar-refractivity contribution is 0.0337. The number of halogens is 3. The van der Waals surface area contributed by atoms with Crippen LogP contribution in [-0.2, 0) is 19.3 Å². The van der Waals surface area contributed by atoms with Gasteiger partial charge in [0.15, 0.2) is 21.4 Å². The molecule has 32 heavy (non-hydrogen) atoms. The van der Waals surface area contributed by atoms with Crippen LogP contribution in [0.1, 0.15) is 24.8 Å². The van der Waals surface area contributed by atoms with Crippen LogP contribution < -0.4 is 10.1 Å². The molecule has 1 N–H and O–H groups in total. The Kier molecular flexibility index (Phi) is 6.06. The molecule has 0 saturated heterocycles. The molecule has 1 fully saturated rings. The third kappa shape index (κ3) is 3.51. The van der Waals surface area contributed by atoms with Crippen molar-refractivity contribution in [3.63, 3.8) is 0 Å². The summed E-state index contributed by atoms with van der Waals surface area (Å²) in [5, 5.41) is 2.70. The Morgan fingerprint density at radius 3 is 2.59 bits per heavy atom. The largest absolute Gasteiger partial charge is 0.490 e. The van der Waals surface area contributed by atoms with Crippen molar-refractivity contribution in [2.75, 3.05) is 20.3 Å². The van der Waals surface area contributed by atoms with Crippen LogP contribution in [0.3, 0.4) is 0 Å². The van der Waals surface area contributed by atoms with Crippen molar-refractivity contribution in [2.45, 2.75) is 28.9 Å². The van der Waals surface area contributed by atoms with Gasteiger partial charge in [-0.1, -0.05) is 18.0 Å². The molecule has 0 radical (unpaired) electrons. The van der Waals surface area contributed by atoms with Gasteiger partial charge in [0.25, 0.3) is 0 Å². The highest BCUT2D eigenvalue weighted by atomic mass is 35.5. The number of hydrogen-bond donors (Lipinski definition) is 1. The summed E-state index contributed by atoms with van der Waals surface area (Å²) in [7, 11) is -2.82. The summed E-state index contributed by atoms with van der Waals surface area (Å²) in [5.74, 6) is -3.25. The molecule has 1 unspecified atom stereocenters. The van der Waals surface area contributed by atoms with E-state index >= 15 is 4.39 Å². The maximum Gasteiger partial charge on any atom is 0.406 e. The van der Waals surface area contributed by atoms with E-state index in [1.54, 1.807) is 0 Å². The molecule has 0 spiro atoms. The Labute approximate surface area is 189 Å². The molecular weight excluding hydrogens is 464 g/mol. The first kappa shape index (κ1) is 22.8. The number of benzene rings is 2. The van der Waals surface area contributed by atoms with E-state index in [2.05, 4.69) is 5.32 Å². The van der Waals surface area contributed by atoms with Crippen LogP contribution >= 0.6 is 11.6 Å². The number of ether oxygens (including phenoxy) is 2. The summed E-state index contributed by atoms with van der Waals surface area (Å²) in [6.07, 6.45) is 0.391. The van der Waals surface area contributed by atoms with Gasteiger partial charge in [-0.3, -0.25) is 0 Å². The second-order valence-corrected chi connectivity index (χ2v) is 10.6. The first-order chi connectivity index (χ1) is 15.2. The van der Waals surface area contributed by atoms with Crippen molar-refractivity contribution in [1.82, 2.24) is 5.32 Å². The van der Waals surface area contributed by atoms with E-state index in [0.29, 0.717) is 17.9 Å². The normalized spacial score (nSPS) is 24.6. The molecule has 1 aliphatic heterocycles. The van der Waals surface area contributed by atoms with E-state index in [1.165, 1.54) is 31.3 Å². The number of amides is 1. The lowest BCUT2D eigenvalue weighted by Crippen LogP contribution is -2.55. The third-order valence-corrected chi connectivity index (χ3v) is 9.23. The minimum Gasteiger partial charge on any atom is -0.490 e. The number of rotatable bonds is 4. The molecule has 6 nitrogen and oxygen atoms in total. The Morgan fingerprint density at radius 1 is 1.22 bits per heavy atom. The third-order valence-electron chi connectivity index (χ3n) is 6.42. The number of alkyl carbamates (subject to hydrolysis) is 1. The summed E-state index contributed by atoms with van der Waals surface area (Å²) in [6.45, 7) is -0.222. The highest BCUT2D eigenvalue weighted by molar-refractivity contribution is 7.92. The number of carbonyl (C=O) groups excluding carboxylic acids is 1. The van der Waals surface area contributed by atoms with Crippen molar-refractivity contribution in [3.8, 4) is 5.75 Å². The number of nitrogens with one attached hydrogen (secondary N) is 1. The number of hydrogen-bond acceptors (Lipinski definition) is 5. The summed E-state index contributed by atoms with van der Waals surface area (Å²) >= 11 is 5.94.